The SMILES string of the molecule is CC(C)(C)[Si](C)(C)OCC1CC(c2ccc(OCCOc3ccccc3Cl)cc2)=C(OC=O)CN1C(=O)OCc1ccccc1. The van der Waals surface area contributed by atoms with E-state index >= 15 is 0 Å². The number of carbonyl (C=O) groups excluding carboxylic acids is 2. The number of halogens is 1. The Hall–Kier alpha value is -3.79. The molecule has 240 valence electrons. The van der Waals surface area contributed by atoms with Gasteiger partial charge in [-0.2, -0.15) is 0 Å². The minimum absolute atomic E-state index is 0.000990. The Balaban J connectivity index is 1.49. The summed E-state index contributed by atoms with van der Waals surface area (Å²) in [6.07, 6.45) is -0.0686. The van der Waals surface area contributed by atoms with Crippen LogP contribution in [0.3, 0.4) is 0 Å². The van der Waals surface area contributed by atoms with Crippen LogP contribution in [0, 0.1) is 0 Å². The van der Waals surface area contributed by atoms with Crippen molar-refractivity contribution in [2.75, 3.05) is 26.4 Å². The van der Waals surface area contributed by atoms with Crippen LogP contribution in [0.25, 0.3) is 5.57 Å². The van der Waals surface area contributed by atoms with Crippen LogP contribution in [0.4, 0.5) is 4.79 Å². The number of benzene rings is 3. The lowest BCUT2D eigenvalue weighted by atomic mass is 9.93. The van der Waals surface area contributed by atoms with Crippen LogP contribution in [0.1, 0.15) is 38.3 Å². The Morgan fingerprint density at radius 2 is 1.62 bits per heavy atom. The van der Waals surface area contributed by atoms with Gasteiger partial charge in [-0.3, -0.25) is 9.69 Å². The number of nitrogens with zero attached hydrogens (tertiary/aromatic N) is 1. The highest BCUT2D eigenvalue weighted by Crippen LogP contribution is 2.38. The van der Waals surface area contributed by atoms with Crippen molar-refractivity contribution in [3.63, 3.8) is 0 Å². The second kappa shape index (κ2) is 15.5. The predicted molar refractivity (Wildman–Crippen MR) is 178 cm³/mol. The van der Waals surface area contributed by atoms with E-state index in [0.717, 1.165) is 16.7 Å². The van der Waals surface area contributed by atoms with Crippen LogP contribution in [-0.2, 0) is 25.3 Å². The van der Waals surface area contributed by atoms with Gasteiger partial charge in [-0.05, 0) is 59.9 Å². The summed E-state index contributed by atoms with van der Waals surface area (Å²) in [6, 6.07) is 24.0. The molecule has 3 aromatic carbocycles. The first-order valence-electron chi connectivity index (χ1n) is 15.0. The molecule has 10 heteroatoms. The largest absolute Gasteiger partial charge is 0.490 e. The molecule has 1 atom stereocenters. The molecule has 0 spiro atoms. The lowest BCUT2D eigenvalue weighted by Crippen LogP contribution is -2.50. The van der Waals surface area contributed by atoms with Crippen LogP contribution in [0.15, 0.2) is 84.6 Å². The van der Waals surface area contributed by atoms with Crippen LogP contribution < -0.4 is 9.47 Å². The molecule has 4 rings (SSSR count). The van der Waals surface area contributed by atoms with Crippen molar-refractivity contribution < 1.29 is 33.0 Å². The summed E-state index contributed by atoms with van der Waals surface area (Å²) in [5.74, 6) is 1.67. The van der Waals surface area contributed by atoms with Crippen molar-refractivity contribution >= 4 is 38.1 Å². The molecule has 1 aliphatic heterocycles. The molecule has 0 bridgehead atoms. The Morgan fingerprint density at radius 1 is 0.956 bits per heavy atom. The van der Waals surface area contributed by atoms with E-state index in [1.165, 1.54) is 0 Å². The average Bonchev–Trinajstić information content (AvgIpc) is 3.02. The zero-order valence-corrected chi connectivity index (χ0v) is 28.3. The van der Waals surface area contributed by atoms with Gasteiger partial charge in [-0.15, -0.1) is 0 Å². The van der Waals surface area contributed by atoms with Gasteiger partial charge in [0.05, 0.1) is 24.2 Å². The topological polar surface area (TPSA) is 83.5 Å². The molecule has 1 aliphatic rings. The van der Waals surface area contributed by atoms with Crippen molar-refractivity contribution in [2.45, 2.75) is 58.0 Å². The number of carbonyl (C=O) groups is 2. The molecular formula is C35H42ClNO7Si. The summed E-state index contributed by atoms with van der Waals surface area (Å²) < 4.78 is 29.3. The number of hydrogen-bond acceptors (Lipinski definition) is 7. The number of ether oxygens (including phenoxy) is 4. The maximum absolute atomic E-state index is 13.4. The normalized spacial score (nSPS) is 15.4. The zero-order chi connectivity index (χ0) is 32.5. The van der Waals surface area contributed by atoms with E-state index in [1.807, 2.05) is 72.8 Å². The van der Waals surface area contributed by atoms with E-state index in [2.05, 4.69) is 33.9 Å². The monoisotopic (exact) mass is 651 g/mol. The summed E-state index contributed by atoms with van der Waals surface area (Å²) in [5.41, 5.74) is 2.57. The number of hydrogen-bond donors (Lipinski definition) is 0. The molecule has 0 radical (unpaired) electrons. The molecule has 3 aromatic rings. The Kier molecular flexibility index (Phi) is 11.7. The summed E-state index contributed by atoms with van der Waals surface area (Å²) in [6.45, 7) is 12.5. The first-order chi connectivity index (χ1) is 21.5. The second-order valence-electron chi connectivity index (χ2n) is 12.4. The lowest BCUT2D eigenvalue weighted by molar-refractivity contribution is -0.125. The third kappa shape index (κ3) is 9.36. The van der Waals surface area contributed by atoms with Gasteiger partial charge in [0.2, 0.25) is 0 Å². The molecule has 0 aromatic heterocycles. The summed E-state index contributed by atoms with van der Waals surface area (Å²) in [5, 5.41) is 0.547. The Morgan fingerprint density at radius 3 is 2.29 bits per heavy atom. The van der Waals surface area contributed by atoms with E-state index in [4.69, 9.17) is 35.0 Å². The Bertz CT molecular complexity index is 1450. The summed E-state index contributed by atoms with van der Waals surface area (Å²) in [4.78, 5) is 26.6. The quantitative estimate of drug-likeness (QED) is 0.105. The van der Waals surface area contributed by atoms with Gasteiger partial charge < -0.3 is 23.4 Å². The number of para-hydroxylation sites is 1. The molecule has 1 unspecified atom stereocenters. The molecule has 45 heavy (non-hydrogen) atoms. The van der Waals surface area contributed by atoms with E-state index in [-0.39, 0.29) is 24.2 Å². The first kappa shape index (κ1) is 34.1. The third-order valence-electron chi connectivity index (χ3n) is 8.25. The van der Waals surface area contributed by atoms with Gasteiger partial charge in [0.1, 0.15) is 37.1 Å². The maximum Gasteiger partial charge on any atom is 0.410 e. The number of amides is 1. The van der Waals surface area contributed by atoms with Crippen molar-refractivity contribution in [2.24, 2.45) is 0 Å². The second-order valence-corrected chi connectivity index (χ2v) is 17.6. The fourth-order valence-corrected chi connectivity index (χ4v) is 5.83. The van der Waals surface area contributed by atoms with E-state index < -0.39 is 14.4 Å². The van der Waals surface area contributed by atoms with Crippen LogP contribution in [0.2, 0.25) is 23.2 Å². The van der Waals surface area contributed by atoms with Crippen LogP contribution >= 0.6 is 11.6 Å². The van der Waals surface area contributed by atoms with Crippen LogP contribution in [-0.4, -0.2) is 58.2 Å². The van der Waals surface area contributed by atoms with Crippen LogP contribution in [0.5, 0.6) is 11.5 Å². The molecule has 0 saturated carbocycles. The molecule has 0 N–H and O–H groups in total. The lowest BCUT2D eigenvalue weighted by Gasteiger charge is -2.41. The van der Waals surface area contributed by atoms with Gasteiger partial charge in [0, 0.05) is 5.57 Å². The molecule has 1 heterocycles. The van der Waals surface area contributed by atoms with E-state index in [1.54, 1.807) is 11.0 Å². The molecule has 1 amide bonds. The molecule has 0 aliphatic carbocycles. The summed E-state index contributed by atoms with van der Waals surface area (Å²) >= 11 is 6.15. The minimum Gasteiger partial charge on any atom is -0.490 e. The predicted octanol–water partition coefficient (Wildman–Crippen LogP) is 8.11. The Labute approximate surface area is 272 Å². The highest BCUT2D eigenvalue weighted by Gasteiger charge is 2.40. The highest BCUT2D eigenvalue weighted by molar-refractivity contribution is 6.74. The minimum atomic E-state index is -2.12. The van der Waals surface area contributed by atoms with E-state index in [9.17, 15) is 9.59 Å². The first-order valence-corrected chi connectivity index (χ1v) is 18.3. The van der Waals surface area contributed by atoms with Gasteiger partial charge in [0.25, 0.3) is 6.47 Å². The zero-order valence-electron chi connectivity index (χ0n) is 26.6. The standard InChI is InChI=1S/C35H42ClNO7Si/c1-35(2,3)45(4,5)44-24-28-21-30(33(43-25-38)22-37(28)34(39)42-23-26-11-7-6-8-12-26)27-15-17-29(18-16-27)40-19-20-41-32-14-10-9-13-31(32)36/h6-18,25,28H,19-24H2,1-5H3. The van der Waals surface area contributed by atoms with Gasteiger partial charge >= 0.3 is 6.09 Å². The highest BCUT2D eigenvalue weighted by atomic mass is 35.5. The number of rotatable bonds is 13. The van der Waals surface area contributed by atoms with Crippen molar-refractivity contribution in [3.8, 4) is 11.5 Å². The van der Waals surface area contributed by atoms with Crippen molar-refractivity contribution in [3.05, 3.63) is 101 Å². The maximum atomic E-state index is 13.4. The van der Waals surface area contributed by atoms with Gasteiger partial charge in [-0.25, -0.2) is 4.79 Å². The summed E-state index contributed by atoms with van der Waals surface area (Å²) in [7, 11) is -2.12. The fourth-order valence-electron chi connectivity index (χ4n) is 4.60. The average molecular weight is 652 g/mol. The van der Waals surface area contributed by atoms with Gasteiger partial charge in [0.15, 0.2) is 8.32 Å². The van der Waals surface area contributed by atoms with Gasteiger partial charge in [-0.1, -0.05) is 87.0 Å². The third-order valence-corrected chi connectivity index (χ3v) is 13.1. The smallest absolute Gasteiger partial charge is 0.410 e. The van der Waals surface area contributed by atoms with Crippen molar-refractivity contribution in [1.82, 2.24) is 4.90 Å². The molecule has 8 nitrogen and oxygen atoms in total. The molecule has 0 saturated heterocycles. The van der Waals surface area contributed by atoms with Crippen molar-refractivity contribution in [1.29, 1.82) is 0 Å². The molecule has 0 fully saturated rings. The fraction of sp³-hybridized carbons (Fsp3) is 0.371. The molecular weight excluding hydrogens is 610 g/mol. The van der Waals surface area contributed by atoms with E-state index in [0.29, 0.717) is 55.0 Å².